The Kier molecular flexibility index (Phi) is 6.53. The molecule has 3 fully saturated rings. The summed E-state index contributed by atoms with van der Waals surface area (Å²) in [4.78, 5) is 40.6. The molecule has 1 aliphatic heterocycles. The highest BCUT2D eigenvalue weighted by molar-refractivity contribution is 7.91. The summed E-state index contributed by atoms with van der Waals surface area (Å²) in [6, 6.07) is -2.06. The van der Waals surface area contributed by atoms with E-state index in [0.29, 0.717) is 12.8 Å². The van der Waals surface area contributed by atoms with Gasteiger partial charge in [0.1, 0.15) is 11.6 Å². The molecule has 3 rings (SSSR count). The van der Waals surface area contributed by atoms with Crippen LogP contribution in [0.4, 0.5) is 0 Å². The number of amides is 3. The van der Waals surface area contributed by atoms with Crippen molar-refractivity contribution in [2.24, 2.45) is 17.1 Å². The van der Waals surface area contributed by atoms with Crippen molar-refractivity contribution in [2.45, 2.75) is 75.4 Å². The number of nitrogens with one attached hydrogen (secondary N) is 3. The Morgan fingerprint density at radius 2 is 1.91 bits per heavy atom. The lowest BCUT2D eigenvalue weighted by molar-refractivity contribution is -0.142. The molecule has 0 aromatic rings. The largest absolute Gasteiger partial charge is 0.356 e. The van der Waals surface area contributed by atoms with Crippen molar-refractivity contribution in [3.05, 3.63) is 12.7 Å². The fraction of sp³-hybridized carbons (Fsp3) is 0.750. The van der Waals surface area contributed by atoms with Gasteiger partial charge in [-0.1, -0.05) is 26.8 Å². The third-order valence-corrected chi connectivity index (χ3v) is 8.27. The predicted octanol–water partition coefficient (Wildman–Crippen LogP) is -1.33. The molecule has 2 radical (unpaired) electrons. The Balaban J connectivity index is 1.77. The molecule has 0 bridgehead atoms. The second kappa shape index (κ2) is 8.46. The van der Waals surface area contributed by atoms with Crippen molar-refractivity contribution in [3.8, 4) is 0 Å². The van der Waals surface area contributed by atoms with Gasteiger partial charge in [-0.2, -0.15) is 0 Å². The molecule has 2 unspecified atom stereocenters. The molecule has 32 heavy (non-hydrogen) atoms. The van der Waals surface area contributed by atoms with Crippen molar-refractivity contribution in [3.63, 3.8) is 0 Å². The molecule has 176 valence electrons. The smallest absolute Gasteiger partial charge is 0.259 e. The number of hydrogen-bond acceptors (Lipinski definition) is 7. The van der Waals surface area contributed by atoms with Gasteiger partial charge in [0.05, 0.1) is 11.3 Å². The van der Waals surface area contributed by atoms with Crippen LogP contribution in [-0.2, 0) is 24.4 Å². The first-order chi connectivity index (χ1) is 14.8. The van der Waals surface area contributed by atoms with E-state index < -0.39 is 62.1 Å². The molecular weight excluding hydrogens is 433 g/mol. The normalized spacial score (nSPS) is 31.0. The summed E-state index contributed by atoms with van der Waals surface area (Å²) in [5, 5.41) is 4.66. The van der Waals surface area contributed by atoms with E-state index in [1.165, 1.54) is 11.0 Å². The maximum atomic E-state index is 13.2. The van der Waals surface area contributed by atoms with Crippen LogP contribution >= 0.6 is 0 Å². The number of nitrogens with two attached hydrogens (primary N) is 1. The van der Waals surface area contributed by atoms with Crippen LogP contribution in [0.3, 0.4) is 0 Å². The van der Waals surface area contributed by atoms with Crippen LogP contribution in [0.5, 0.6) is 0 Å². The molecule has 0 aromatic heterocycles. The van der Waals surface area contributed by atoms with Gasteiger partial charge in [0.25, 0.3) is 5.91 Å². The number of carbonyl (C=O) groups is 3. The van der Waals surface area contributed by atoms with Crippen LogP contribution < -0.4 is 21.0 Å². The van der Waals surface area contributed by atoms with Gasteiger partial charge in [-0.3, -0.25) is 19.1 Å². The van der Waals surface area contributed by atoms with Gasteiger partial charge in [0.2, 0.25) is 21.8 Å². The number of likely N-dealkylation sites (tertiary alicyclic amines) is 1. The summed E-state index contributed by atoms with van der Waals surface area (Å²) < 4.78 is 26.6. The summed E-state index contributed by atoms with van der Waals surface area (Å²) in [5.74, 6) is -2.11. The second-order valence-electron chi connectivity index (χ2n) is 10.2. The zero-order chi connectivity index (χ0) is 24.1. The average Bonchev–Trinajstić information content (AvgIpc) is 3.58. The van der Waals surface area contributed by atoms with Crippen molar-refractivity contribution < 1.29 is 22.8 Å². The molecule has 1 heterocycles. The lowest BCUT2D eigenvalue weighted by Crippen LogP contribution is -2.59. The first-order valence-corrected chi connectivity index (χ1v) is 12.3. The Labute approximate surface area is 190 Å². The van der Waals surface area contributed by atoms with Gasteiger partial charge in [-0.15, -0.1) is 6.58 Å². The molecule has 5 atom stereocenters. The minimum Gasteiger partial charge on any atom is -0.356 e. The molecule has 1 saturated heterocycles. The van der Waals surface area contributed by atoms with Crippen molar-refractivity contribution in [1.82, 2.24) is 20.2 Å². The highest BCUT2D eigenvalue weighted by atomic mass is 32.2. The molecule has 3 aliphatic rings. The van der Waals surface area contributed by atoms with Crippen LogP contribution in [0, 0.1) is 11.3 Å². The SMILES string of the molecule is [B]N[C@H](C(=O)N1C[C@H](N)C[C@H]1C(=O)NC1(C(=O)NS(=O)(=O)C2CC2)CC1C=C)C(C)(C)C. The maximum absolute atomic E-state index is 13.2. The molecule has 3 amide bonds. The maximum Gasteiger partial charge on any atom is 0.259 e. The highest BCUT2D eigenvalue weighted by Crippen LogP contribution is 2.45. The minimum absolute atomic E-state index is 0.172. The van der Waals surface area contributed by atoms with E-state index in [1.807, 2.05) is 20.8 Å². The van der Waals surface area contributed by atoms with Crippen LogP contribution in [0.2, 0.25) is 0 Å². The van der Waals surface area contributed by atoms with Gasteiger partial charge in [0, 0.05) is 18.5 Å². The first-order valence-electron chi connectivity index (χ1n) is 10.8. The summed E-state index contributed by atoms with van der Waals surface area (Å²) >= 11 is 0. The Morgan fingerprint density at radius 3 is 2.38 bits per heavy atom. The Bertz CT molecular complexity index is 916. The molecule has 2 saturated carbocycles. The van der Waals surface area contributed by atoms with Crippen molar-refractivity contribution in [1.29, 1.82) is 0 Å². The van der Waals surface area contributed by atoms with Gasteiger partial charge < -0.3 is 21.2 Å². The quantitative estimate of drug-likeness (QED) is 0.256. The summed E-state index contributed by atoms with van der Waals surface area (Å²) in [5.41, 5.74) is 4.14. The second-order valence-corrected chi connectivity index (χ2v) is 12.1. The molecule has 5 N–H and O–H groups in total. The summed E-state index contributed by atoms with van der Waals surface area (Å²) in [7, 11) is 1.84. The van der Waals surface area contributed by atoms with Gasteiger partial charge in [-0.25, -0.2) is 8.42 Å². The number of rotatable bonds is 8. The fourth-order valence-electron chi connectivity index (χ4n) is 4.24. The average molecular weight is 465 g/mol. The number of sulfonamides is 1. The van der Waals surface area contributed by atoms with E-state index in [9.17, 15) is 22.8 Å². The van der Waals surface area contributed by atoms with E-state index >= 15 is 0 Å². The van der Waals surface area contributed by atoms with Crippen LogP contribution in [0.15, 0.2) is 12.7 Å². The van der Waals surface area contributed by atoms with Crippen molar-refractivity contribution in [2.75, 3.05) is 6.54 Å². The molecular formula is C20H32BN5O5S. The van der Waals surface area contributed by atoms with Crippen molar-refractivity contribution >= 4 is 35.7 Å². The number of nitrogens with zero attached hydrogens (tertiary/aromatic N) is 1. The Hall–Kier alpha value is -1.92. The van der Waals surface area contributed by atoms with E-state index in [2.05, 4.69) is 21.8 Å². The van der Waals surface area contributed by atoms with Crippen LogP contribution in [0.25, 0.3) is 0 Å². The standard InChI is InChI=1S/C20H32BN5O5S/c1-5-11-9-20(11,18(29)25-32(30,31)13-6-7-13)23-16(27)14-8-12(22)10-26(14)17(28)15(24-21)19(2,3)4/h5,11-15,24H,1,6-10,22H2,2-4H3,(H,23,27)(H,25,29)/t11?,12-,14+,15-,20?/m1/s1. The summed E-state index contributed by atoms with van der Waals surface area (Å²) in [6.45, 7) is 9.39. The lowest BCUT2D eigenvalue weighted by atomic mass is 9.84. The third kappa shape index (κ3) is 4.72. The zero-order valence-electron chi connectivity index (χ0n) is 18.8. The van der Waals surface area contributed by atoms with E-state index in [-0.39, 0.29) is 25.3 Å². The minimum atomic E-state index is -3.77. The Morgan fingerprint density at radius 1 is 1.28 bits per heavy atom. The monoisotopic (exact) mass is 465 g/mol. The zero-order valence-corrected chi connectivity index (χ0v) is 19.6. The van der Waals surface area contributed by atoms with Gasteiger partial charge in [0.15, 0.2) is 7.98 Å². The van der Waals surface area contributed by atoms with Gasteiger partial charge >= 0.3 is 0 Å². The van der Waals surface area contributed by atoms with E-state index in [0.717, 1.165) is 0 Å². The molecule has 0 spiro atoms. The fourth-order valence-corrected chi connectivity index (χ4v) is 5.60. The van der Waals surface area contributed by atoms with E-state index in [4.69, 9.17) is 13.7 Å². The molecule has 10 nitrogen and oxygen atoms in total. The first kappa shape index (κ1) is 24.7. The molecule has 0 aromatic carbocycles. The molecule has 2 aliphatic carbocycles. The van der Waals surface area contributed by atoms with Gasteiger partial charge in [-0.05, 0) is 31.1 Å². The third-order valence-electron chi connectivity index (χ3n) is 6.45. The predicted molar refractivity (Wildman–Crippen MR) is 119 cm³/mol. The number of hydrogen-bond donors (Lipinski definition) is 4. The summed E-state index contributed by atoms with van der Waals surface area (Å²) in [6.07, 6.45) is 2.98. The van der Waals surface area contributed by atoms with Crippen LogP contribution in [-0.4, -0.2) is 74.5 Å². The molecule has 12 heteroatoms. The highest BCUT2D eigenvalue weighted by Gasteiger charge is 2.61. The van der Waals surface area contributed by atoms with Crippen LogP contribution in [0.1, 0.15) is 46.5 Å². The number of carbonyl (C=O) groups excluding carboxylic acids is 3. The van der Waals surface area contributed by atoms with E-state index in [1.54, 1.807) is 0 Å². The topological polar surface area (TPSA) is 151 Å². The lowest BCUT2D eigenvalue weighted by Gasteiger charge is -2.35.